The fraction of sp³-hybridized carbons (Fsp3) is 0.867. The van der Waals surface area contributed by atoms with E-state index in [1.165, 1.54) is 19.3 Å². The van der Waals surface area contributed by atoms with Crippen molar-refractivity contribution in [2.24, 2.45) is 11.8 Å². The van der Waals surface area contributed by atoms with E-state index in [9.17, 15) is 5.11 Å². The molecule has 0 aliphatic carbocycles. The Balaban J connectivity index is 3.64. The first-order valence-electron chi connectivity index (χ1n) is 6.91. The van der Waals surface area contributed by atoms with E-state index >= 15 is 0 Å². The quantitative estimate of drug-likeness (QED) is 0.575. The van der Waals surface area contributed by atoms with Crippen LogP contribution in [0.5, 0.6) is 0 Å². The molecule has 0 aromatic carbocycles. The van der Waals surface area contributed by atoms with Crippen molar-refractivity contribution in [1.82, 2.24) is 0 Å². The summed E-state index contributed by atoms with van der Waals surface area (Å²) in [5.74, 6) is 1.35. The molecule has 17 heavy (non-hydrogen) atoms. The first-order chi connectivity index (χ1) is 7.95. The van der Waals surface area contributed by atoms with E-state index in [0.29, 0.717) is 18.8 Å². The maximum atomic E-state index is 9.88. The second-order valence-corrected chi connectivity index (χ2v) is 5.75. The largest absolute Gasteiger partial charge is 0.396 e. The predicted molar refractivity (Wildman–Crippen MR) is 73.9 cm³/mol. The van der Waals surface area contributed by atoms with E-state index < -0.39 is 0 Å². The van der Waals surface area contributed by atoms with Crippen LogP contribution in [0.3, 0.4) is 0 Å². The second kappa shape index (κ2) is 9.67. The Morgan fingerprint density at radius 3 is 2.35 bits per heavy atom. The van der Waals surface area contributed by atoms with Gasteiger partial charge in [-0.25, -0.2) is 0 Å². The van der Waals surface area contributed by atoms with Gasteiger partial charge in [-0.1, -0.05) is 52.2 Å². The van der Waals surface area contributed by atoms with Crippen molar-refractivity contribution in [1.29, 1.82) is 0 Å². The van der Waals surface area contributed by atoms with Gasteiger partial charge in [0.25, 0.3) is 0 Å². The van der Waals surface area contributed by atoms with E-state index in [1.807, 2.05) is 0 Å². The molecule has 2 atom stereocenters. The fourth-order valence-corrected chi connectivity index (χ4v) is 2.13. The number of rotatable bonds is 10. The Hall–Kier alpha value is -0.340. The minimum atomic E-state index is -0.289. The molecule has 0 amide bonds. The molecule has 0 heterocycles. The van der Waals surface area contributed by atoms with Crippen LogP contribution in [0.4, 0.5) is 0 Å². The molecule has 0 bridgehead atoms. The average Bonchev–Trinajstić information content (AvgIpc) is 2.16. The average molecular weight is 242 g/mol. The lowest BCUT2D eigenvalue weighted by molar-refractivity contribution is 0.140. The molecule has 2 N–H and O–H groups in total. The molecule has 0 spiro atoms. The fourth-order valence-electron chi connectivity index (χ4n) is 2.13. The van der Waals surface area contributed by atoms with Crippen LogP contribution in [0.1, 0.15) is 59.3 Å². The molecule has 102 valence electrons. The Labute approximate surface area is 107 Å². The highest BCUT2D eigenvalue weighted by molar-refractivity contribution is 4.95. The standard InChI is InChI=1S/C15H30O2/c1-12(2)6-5-7-13(3)10-15(17)11-14(4)8-9-16/h12-13,15-17H,4-11H2,1-3H3. The van der Waals surface area contributed by atoms with Crippen molar-refractivity contribution in [3.8, 4) is 0 Å². The lowest BCUT2D eigenvalue weighted by Gasteiger charge is -2.17. The molecular formula is C15H30O2. The topological polar surface area (TPSA) is 40.5 Å². The van der Waals surface area contributed by atoms with Gasteiger partial charge in [0.1, 0.15) is 0 Å². The Bertz CT molecular complexity index is 199. The molecule has 0 fully saturated rings. The van der Waals surface area contributed by atoms with E-state index in [1.54, 1.807) is 0 Å². The summed E-state index contributed by atoms with van der Waals surface area (Å²) in [5, 5.41) is 18.6. The summed E-state index contributed by atoms with van der Waals surface area (Å²) < 4.78 is 0. The van der Waals surface area contributed by atoms with E-state index in [0.717, 1.165) is 17.9 Å². The summed E-state index contributed by atoms with van der Waals surface area (Å²) in [6.07, 6.45) is 5.53. The summed E-state index contributed by atoms with van der Waals surface area (Å²) in [5.41, 5.74) is 0.953. The van der Waals surface area contributed by atoms with Gasteiger partial charge in [0, 0.05) is 6.61 Å². The van der Waals surface area contributed by atoms with Crippen LogP contribution < -0.4 is 0 Å². The van der Waals surface area contributed by atoms with Gasteiger partial charge in [0.05, 0.1) is 6.10 Å². The number of hydrogen-bond acceptors (Lipinski definition) is 2. The zero-order chi connectivity index (χ0) is 13.3. The predicted octanol–water partition coefficient (Wildman–Crippen LogP) is 3.53. The third-order valence-corrected chi connectivity index (χ3v) is 3.14. The van der Waals surface area contributed by atoms with Crippen molar-refractivity contribution >= 4 is 0 Å². The summed E-state index contributed by atoms with van der Waals surface area (Å²) in [4.78, 5) is 0. The highest BCUT2D eigenvalue weighted by Gasteiger charge is 2.11. The number of aliphatic hydroxyl groups is 2. The zero-order valence-electron chi connectivity index (χ0n) is 11.8. The second-order valence-electron chi connectivity index (χ2n) is 5.75. The molecule has 0 saturated carbocycles. The monoisotopic (exact) mass is 242 g/mol. The molecule has 0 aliphatic heterocycles. The van der Waals surface area contributed by atoms with Crippen LogP contribution in [0.2, 0.25) is 0 Å². The lowest BCUT2D eigenvalue weighted by atomic mass is 9.93. The zero-order valence-corrected chi connectivity index (χ0v) is 11.8. The van der Waals surface area contributed by atoms with Crippen molar-refractivity contribution in [2.75, 3.05) is 6.61 Å². The van der Waals surface area contributed by atoms with Gasteiger partial charge < -0.3 is 10.2 Å². The number of aliphatic hydroxyl groups excluding tert-OH is 2. The van der Waals surface area contributed by atoms with Crippen molar-refractivity contribution in [3.63, 3.8) is 0 Å². The molecule has 0 radical (unpaired) electrons. The minimum absolute atomic E-state index is 0.134. The maximum Gasteiger partial charge on any atom is 0.0579 e. The summed E-state index contributed by atoms with van der Waals surface area (Å²) in [6.45, 7) is 10.7. The van der Waals surface area contributed by atoms with Gasteiger partial charge in [0.2, 0.25) is 0 Å². The Kier molecular flexibility index (Phi) is 9.47. The summed E-state index contributed by atoms with van der Waals surface area (Å²) in [7, 11) is 0. The maximum absolute atomic E-state index is 9.88. The Morgan fingerprint density at radius 2 is 1.82 bits per heavy atom. The summed E-state index contributed by atoms with van der Waals surface area (Å²) in [6, 6.07) is 0. The van der Waals surface area contributed by atoms with Crippen molar-refractivity contribution in [3.05, 3.63) is 12.2 Å². The van der Waals surface area contributed by atoms with Gasteiger partial charge in [-0.2, -0.15) is 0 Å². The first-order valence-corrected chi connectivity index (χ1v) is 6.91. The molecule has 0 rings (SSSR count). The van der Waals surface area contributed by atoms with Crippen LogP contribution in [-0.4, -0.2) is 22.9 Å². The van der Waals surface area contributed by atoms with Crippen LogP contribution in [-0.2, 0) is 0 Å². The third-order valence-electron chi connectivity index (χ3n) is 3.14. The van der Waals surface area contributed by atoms with E-state index in [-0.39, 0.29) is 12.7 Å². The van der Waals surface area contributed by atoms with E-state index in [2.05, 4.69) is 27.4 Å². The molecular weight excluding hydrogens is 212 g/mol. The third kappa shape index (κ3) is 10.5. The highest BCUT2D eigenvalue weighted by atomic mass is 16.3. The van der Waals surface area contributed by atoms with Crippen molar-refractivity contribution < 1.29 is 10.2 Å². The highest BCUT2D eigenvalue weighted by Crippen LogP contribution is 2.19. The Morgan fingerprint density at radius 1 is 1.18 bits per heavy atom. The lowest BCUT2D eigenvalue weighted by Crippen LogP contribution is -2.13. The SMILES string of the molecule is C=C(CCO)CC(O)CC(C)CCCC(C)C. The van der Waals surface area contributed by atoms with Gasteiger partial charge >= 0.3 is 0 Å². The van der Waals surface area contributed by atoms with Crippen molar-refractivity contribution in [2.45, 2.75) is 65.4 Å². The molecule has 0 saturated heterocycles. The summed E-state index contributed by atoms with van der Waals surface area (Å²) >= 11 is 0. The smallest absolute Gasteiger partial charge is 0.0579 e. The van der Waals surface area contributed by atoms with Crippen LogP contribution in [0.25, 0.3) is 0 Å². The molecule has 0 aromatic rings. The van der Waals surface area contributed by atoms with Gasteiger partial charge in [0.15, 0.2) is 0 Å². The number of hydrogen-bond donors (Lipinski definition) is 2. The molecule has 0 aromatic heterocycles. The molecule has 2 heteroatoms. The normalized spacial score (nSPS) is 14.9. The van der Waals surface area contributed by atoms with Gasteiger partial charge in [-0.3, -0.25) is 0 Å². The van der Waals surface area contributed by atoms with Gasteiger partial charge in [-0.15, -0.1) is 0 Å². The van der Waals surface area contributed by atoms with Crippen LogP contribution >= 0.6 is 0 Å². The van der Waals surface area contributed by atoms with E-state index in [4.69, 9.17) is 5.11 Å². The molecule has 0 aliphatic rings. The molecule has 2 nitrogen and oxygen atoms in total. The van der Waals surface area contributed by atoms with Crippen LogP contribution in [0.15, 0.2) is 12.2 Å². The molecule has 2 unspecified atom stereocenters. The van der Waals surface area contributed by atoms with Crippen LogP contribution in [0, 0.1) is 11.8 Å². The van der Waals surface area contributed by atoms with Gasteiger partial charge in [-0.05, 0) is 31.1 Å². The minimum Gasteiger partial charge on any atom is -0.396 e. The first kappa shape index (κ1) is 16.7.